The summed E-state index contributed by atoms with van der Waals surface area (Å²) in [6.07, 6.45) is 65.1. The molecule has 0 bridgehead atoms. The van der Waals surface area contributed by atoms with Gasteiger partial charge in [0.25, 0.3) is 0 Å². The minimum absolute atomic E-state index is 0.108. The number of hydrogen-bond acceptors (Lipinski definition) is 15. The number of phosphoric acid groups is 2. The van der Waals surface area contributed by atoms with Crippen LogP contribution in [0.1, 0.15) is 433 Å². The van der Waals surface area contributed by atoms with Crippen molar-refractivity contribution in [2.75, 3.05) is 39.6 Å². The van der Waals surface area contributed by atoms with Crippen molar-refractivity contribution in [1.82, 2.24) is 0 Å². The maximum absolute atomic E-state index is 13.1. The van der Waals surface area contributed by atoms with Crippen molar-refractivity contribution in [2.24, 2.45) is 5.92 Å². The van der Waals surface area contributed by atoms with Crippen molar-refractivity contribution in [3.8, 4) is 0 Å². The lowest BCUT2D eigenvalue weighted by atomic mass is 10.0. The molecule has 0 aromatic heterocycles. The largest absolute Gasteiger partial charge is 0.472 e. The molecule has 0 aliphatic heterocycles. The van der Waals surface area contributed by atoms with E-state index in [-0.39, 0.29) is 25.7 Å². The number of rotatable bonds is 81. The highest BCUT2D eigenvalue weighted by Crippen LogP contribution is 2.45. The molecule has 0 saturated heterocycles. The van der Waals surface area contributed by atoms with E-state index in [1.807, 2.05) is 0 Å². The molecule has 0 aliphatic rings. The number of esters is 4. The molecule has 0 radical (unpaired) electrons. The van der Waals surface area contributed by atoms with Gasteiger partial charge in [-0.15, -0.1) is 0 Å². The van der Waals surface area contributed by atoms with Gasteiger partial charge in [-0.25, -0.2) is 9.13 Å². The Morgan fingerprint density at radius 2 is 0.460 bits per heavy atom. The Labute approximate surface area is 613 Å². The second-order valence-corrected chi connectivity index (χ2v) is 32.5. The van der Waals surface area contributed by atoms with Gasteiger partial charge in [0, 0.05) is 25.7 Å². The summed E-state index contributed by atoms with van der Waals surface area (Å²) in [5.41, 5.74) is 0. The van der Waals surface area contributed by atoms with Gasteiger partial charge in [0.05, 0.1) is 26.4 Å². The van der Waals surface area contributed by atoms with Gasteiger partial charge in [-0.3, -0.25) is 37.3 Å². The fourth-order valence-electron chi connectivity index (χ4n) is 12.6. The van der Waals surface area contributed by atoms with Gasteiger partial charge in [0.1, 0.15) is 19.3 Å². The van der Waals surface area contributed by atoms with Crippen molar-refractivity contribution in [3.63, 3.8) is 0 Å². The summed E-state index contributed by atoms with van der Waals surface area (Å²) >= 11 is 0. The third-order valence-corrected chi connectivity index (χ3v) is 20.9. The summed E-state index contributed by atoms with van der Waals surface area (Å²) in [6.45, 7) is 7.36. The molecular formula is C81H158O17P2. The highest BCUT2D eigenvalue weighted by molar-refractivity contribution is 7.47. The summed E-state index contributed by atoms with van der Waals surface area (Å²) < 4.78 is 68.7. The topological polar surface area (TPSA) is 237 Å². The number of phosphoric ester groups is 2. The molecule has 0 fully saturated rings. The zero-order valence-electron chi connectivity index (χ0n) is 65.3. The number of hydrogen-bond donors (Lipinski definition) is 3. The lowest BCUT2D eigenvalue weighted by molar-refractivity contribution is -0.161. The molecule has 0 heterocycles. The first-order chi connectivity index (χ1) is 48.5. The highest BCUT2D eigenvalue weighted by Gasteiger charge is 2.30. The average molecular weight is 1470 g/mol. The third kappa shape index (κ3) is 74.3. The van der Waals surface area contributed by atoms with E-state index >= 15 is 0 Å². The maximum Gasteiger partial charge on any atom is 0.472 e. The normalized spacial score (nSPS) is 13.8. The summed E-state index contributed by atoms with van der Waals surface area (Å²) in [5.74, 6) is -1.28. The van der Waals surface area contributed by atoms with Crippen molar-refractivity contribution < 1.29 is 80.2 Å². The van der Waals surface area contributed by atoms with Crippen LogP contribution in [0.15, 0.2) is 0 Å². The fourth-order valence-corrected chi connectivity index (χ4v) is 14.2. The summed E-state index contributed by atoms with van der Waals surface area (Å²) in [4.78, 5) is 73.0. The minimum atomic E-state index is -4.96. The zero-order chi connectivity index (χ0) is 73.4. The number of aliphatic hydroxyl groups excluding tert-OH is 1. The van der Waals surface area contributed by atoms with Crippen LogP contribution in [0.2, 0.25) is 0 Å². The molecule has 5 atom stereocenters. The number of carbonyl (C=O) groups is 4. The lowest BCUT2D eigenvalue weighted by Gasteiger charge is -2.21. The van der Waals surface area contributed by atoms with E-state index in [1.165, 1.54) is 257 Å². The Hall–Kier alpha value is -1.94. The van der Waals surface area contributed by atoms with E-state index in [0.29, 0.717) is 25.7 Å². The van der Waals surface area contributed by atoms with Crippen LogP contribution in [-0.4, -0.2) is 96.7 Å². The van der Waals surface area contributed by atoms with Crippen LogP contribution in [-0.2, 0) is 65.4 Å². The maximum atomic E-state index is 13.1. The molecule has 2 unspecified atom stereocenters. The predicted octanol–water partition coefficient (Wildman–Crippen LogP) is 24.4. The Morgan fingerprint density at radius 3 is 0.680 bits per heavy atom. The van der Waals surface area contributed by atoms with Gasteiger partial charge in [-0.1, -0.05) is 381 Å². The Morgan fingerprint density at radius 1 is 0.270 bits per heavy atom. The summed E-state index contributed by atoms with van der Waals surface area (Å²) in [5, 5.41) is 10.6. The molecule has 100 heavy (non-hydrogen) atoms. The standard InChI is InChI=1S/C81H158O17P2/c1-6-9-12-15-18-21-24-26-32-37-40-45-50-55-60-65-79(84)92-71-77(98-81(86)67-62-57-52-47-42-38-34-31-29-28-30-33-35-39-43-48-53-58-63-74(4)5)73-96-100(89,90)94-69-75(82)68-93-99(87,88)95-72-76(70-91-78(83)64-59-54-49-44-23-20-17-14-11-8-3)97-80(85)66-61-56-51-46-41-36-27-25-22-19-16-13-10-7-2/h74-77,82H,6-73H2,1-5H3,(H,87,88)(H,89,90)/t75-,76+,77+/m0/s1. The highest BCUT2D eigenvalue weighted by atomic mass is 31.2. The summed E-state index contributed by atoms with van der Waals surface area (Å²) in [6, 6.07) is 0. The van der Waals surface area contributed by atoms with Crippen LogP contribution >= 0.6 is 15.6 Å². The molecule has 0 aromatic rings. The Balaban J connectivity index is 5.21. The Kier molecular flexibility index (Phi) is 72.5. The first-order valence-corrected chi connectivity index (χ1v) is 45.1. The molecule has 0 rings (SSSR count). The average Bonchev–Trinajstić information content (AvgIpc) is 0.943. The van der Waals surface area contributed by atoms with E-state index in [4.69, 9.17) is 37.0 Å². The molecule has 17 nitrogen and oxygen atoms in total. The smallest absolute Gasteiger partial charge is 0.462 e. The minimum Gasteiger partial charge on any atom is -0.462 e. The van der Waals surface area contributed by atoms with Crippen molar-refractivity contribution in [1.29, 1.82) is 0 Å². The number of carbonyl (C=O) groups excluding carboxylic acids is 4. The van der Waals surface area contributed by atoms with Crippen LogP contribution in [0.5, 0.6) is 0 Å². The van der Waals surface area contributed by atoms with Gasteiger partial charge < -0.3 is 33.8 Å². The van der Waals surface area contributed by atoms with Gasteiger partial charge in [0.15, 0.2) is 12.2 Å². The van der Waals surface area contributed by atoms with Crippen LogP contribution in [0, 0.1) is 5.92 Å². The van der Waals surface area contributed by atoms with Gasteiger partial charge in [-0.05, 0) is 31.6 Å². The van der Waals surface area contributed by atoms with E-state index < -0.39 is 97.5 Å². The fraction of sp³-hybridized carbons (Fsp3) is 0.951. The summed E-state index contributed by atoms with van der Waals surface area (Å²) in [7, 11) is -9.92. The van der Waals surface area contributed by atoms with Crippen molar-refractivity contribution >= 4 is 39.5 Å². The molecular weight excluding hydrogens is 1310 g/mol. The third-order valence-electron chi connectivity index (χ3n) is 19.0. The van der Waals surface area contributed by atoms with E-state index in [0.717, 1.165) is 95.8 Å². The van der Waals surface area contributed by atoms with Crippen LogP contribution in [0.3, 0.4) is 0 Å². The lowest BCUT2D eigenvalue weighted by Crippen LogP contribution is -2.30. The molecule has 0 aliphatic carbocycles. The van der Waals surface area contributed by atoms with Gasteiger partial charge in [-0.2, -0.15) is 0 Å². The second kappa shape index (κ2) is 73.9. The van der Waals surface area contributed by atoms with E-state index in [1.54, 1.807) is 0 Å². The van der Waals surface area contributed by atoms with E-state index in [9.17, 15) is 43.2 Å². The second-order valence-electron chi connectivity index (χ2n) is 29.6. The molecule has 0 aromatic carbocycles. The van der Waals surface area contributed by atoms with E-state index in [2.05, 4.69) is 34.6 Å². The van der Waals surface area contributed by atoms with Gasteiger partial charge >= 0.3 is 39.5 Å². The van der Waals surface area contributed by atoms with Crippen LogP contribution in [0.4, 0.5) is 0 Å². The predicted molar refractivity (Wildman–Crippen MR) is 409 cm³/mol. The monoisotopic (exact) mass is 1470 g/mol. The van der Waals surface area contributed by atoms with Gasteiger partial charge in [0.2, 0.25) is 0 Å². The molecule has 19 heteroatoms. The molecule has 0 spiro atoms. The van der Waals surface area contributed by atoms with Crippen molar-refractivity contribution in [3.05, 3.63) is 0 Å². The number of aliphatic hydroxyl groups is 1. The molecule has 0 amide bonds. The molecule has 3 N–H and O–H groups in total. The first-order valence-electron chi connectivity index (χ1n) is 42.1. The van der Waals surface area contributed by atoms with Crippen molar-refractivity contribution in [2.45, 2.75) is 451 Å². The first kappa shape index (κ1) is 98.1. The number of unbranched alkanes of at least 4 members (excludes halogenated alkanes) is 53. The quantitative estimate of drug-likeness (QED) is 0.0222. The Bertz CT molecular complexity index is 1910. The molecule has 0 saturated carbocycles. The SMILES string of the molecule is CCCCCCCCCCCCCCCCCC(=O)OC[C@H](COP(=O)(O)OC[C@@H](O)COP(=O)(O)OC[C@@H](COC(=O)CCCCCCCCCCCC)OC(=O)CCCCCCCCCCCCCCCC)OC(=O)CCCCCCCCCCCCCCCCCCCCC(C)C. The van der Waals surface area contributed by atoms with Crippen LogP contribution < -0.4 is 0 Å². The molecule has 594 valence electrons. The zero-order valence-corrected chi connectivity index (χ0v) is 67.1. The number of ether oxygens (including phenoxy) is 4. The van der Waals surface area contributed by atoms with Crippen LogP contribution in [0.25, 0.3) is 0 Å².